The summed E-state index contributed by atoms with van der Waals surface area (Å²) in [5.74, 6) is 0. The molecule has 0 aromatic heterocycles. The van der Waals surface area contributed by atoms with E-state index in [1.165, 1.54) is 33.6 Å². The number of anilines is 2. The van der Waals surface area contributed by atoms with E-state index in [-0.39, 0.29) is 0 Å². The number of para-hydroxylation sites is 2. The van der Waals surface area contributed by atoms with Gasteiger partial charge >= 0.3 is 0 Å². The molecule has 0 aliphatic rings. The first-order valence-electron chi connectivity index (χ1n) is 8.77. The van der Waals surface area contributed by atoms with Crippen LogP contribution >= 0.6 is 0 Å². The Bertz CT molecular complexity index is 566. The van der Waals surface area contributed by atoms with Gasteiger partial charge < -0.3 is 15.5 Å². The fourth-order valence-corrected chi connectivity index (χ4v) is 3.04. The monoisotopic (exact) mass is 325 g/mol. The largest absolute Gasteiger partial charge is 0.383 e. The number of nitrogens with one attached hydrogen (secondary N) is 2. The van der Waals surface area contributed by atoms with Crippen LogP contribution in [-0.4, -0.2) is 38.1 Å². The number of aryl methyl sites for hydroxylation is 4. The molecule has 0 spiro atoms. The minimum atomic E-state index is 0.964. The lowest BCUT2D eigenvalue weighted by molar-refractivity contribution is 0.361. The van der Waals surface area contributed by atoms with Gasteiger partial charge in [-0.05, 0) is 57.0 Å². The van der Waals surface area contributed by atoms with E-state index >= 15 is 0 Å². The van der Waals surface area contributed by atoms with Crippen LogP contribution in [0.3, 0.4) is 0 Å². The summed E-state index contributed by atoms with van der Waals surface area (Å²) in [4.78, 5) is 2.36. The predicted octanol–water partition coefficient (Wildman–Crippen LogP) is 4.38. The van der Waals surface area contributed by atoms with Crippen LogP contribution in [-0.2, 0) is 0 Å². The second kappa shape index (κ2) is 8.74. The zero-order chi connectivity index (χ0) is 17.5. The first kappa shape index (κ1) is 18.3. The third-order valence-corrected chi connectivity index (χ3v) is 4.55. The van der Waals surface area contributed by atoms with Crippen LogP contribution in [0.15, 0.2) is 36.4 Å². The van der Waals surface area contributed by atoms with Crippen LogP contribution in [0.4, 0.5) is 11.4 Å². The lowest BCUT2D eigenvalue weighted by Crippen LogP contribution is -2.30. The summed E-state index contributed by atoms with van der Waals surface area (Å²) in [6.07, 6.45) is 0. The van der Waals surface area contributed by atoms with Crippen molar-refractivity contribution in [2.45, 2.75) is 27.7 Å². The molecule has 2 rings (SSSR count). The van der Waals surface area contributed by atoms with Gasteiger partial charge in [0.05, 0.1) is 0 Å². The molecule has 0 heterocycles. The lowest BCUT2D eigenvalue weighted by Gasteiger charge is -2.20. The molecule has 2 aromatic rings. The summed E-state index contributed by atoms with van der Waals surface area (Å²) in [6, 6.07) is 12.9. The molecular formula is C21H31N3. The van der Waals surface area contributed by atoms with E-state index < -0.39 is 0 Å². The highest BCUT2D eigenvalue weighted by molar-refractivity contribution is 5.57. The zero-order valence-corrected chi connectivity index (χ0v) is 15.7. The van der Waals surface area contributed by atoms with Gasteiger partial charge in [0.25, 0.3) is 0 Å². The van der Waals surface area contributed by atoms with Crippen molar-refractivity contribution >= 4 is 11.4 Å². The maximum absolute atomic E-state index is 3.58. The van der Waals surface area contributed by atoms with E-state index in [1.54, 1.807) is 0 Å². The number of hydrogen-bond acceptors (Lipinski definition) is 3. The SMILES string of the molecule is Cc1cccc(C)c1NCCN(C)CCNc1c(C)cccc1C. The number of rotatable bonds is 8. The highest BCUT2D eigenvalue weighted by Crippen LogP contribution is 2.19. The minimum Gasteiger partial charge on any atom is -0.383 e. The van der Waals surface area contributed by atoms with E-state index in [0.717, 1.165) is 26.2 Å². The average molecular weight is 326 g/mol. The Morgan fingerprint density at radius 2 is 1.00 bits per heavy atom. The fraction of sp³-hybridized carbons (Fsp3) is 0.429. The molecule has 24 heavy (non-hydrogen) atoms. The van der Waals surface area contributed by atoms with Crippen LogP contribution in [0.25, 0.3) is 0 Å². The number of benzene rings is 2. The molecule has 0 saturated carbocycles. The molecule has 0 amide bonds. The Morgan fingerprint density at radius 3 is 1.33 bits per heavy atom. The van der Waals surface area contributed by atoms with Crippen LogP contribution in [0, 0.1) is 27.7 Å². The summed E-state index contributed by atoms with van der Waals surface area (Å²) in [5.41, 5.74) is 7.81. The van der Waals surface area contributed by atoms with Crippen molar-refractivity contribution in [2.75, 3.05) is 43.9 Å². The molecule has 3 nitrogen and oxygen atoms in total. The number of nitrogens with zero attached hydrogens (tertiary/aromatic N) is 1. The topological polar surface area (TPSA) is 27.3 Å². The third-order valence-electron chi connectivity index (χ3n) is 4.55. The molecule has 0 radical (unpaired) electrons. The average Bonchev–Trinajstić information content (AvgIpc) is 2.53. The minimum absolute atomic E-state index is 0.964. The normalized spacial score (nSPS) is 10.9. The van der Waals surface area contributed by atoms with Crippen LogP contribution in [0.2, 0.25) is 0 Å². The molecule has 0 aliphatic carbocycles. The predicted molar refractivity (Wildman–Crippen MR) is 106 cm³/mol. The molecular weight excluding hydrogens is 294 g/mol. The van der Waals surface area contributed by atoms with E-state index in [0.29, 0.717) is 0 Å². The van der Waals surface area contributed by atoms with Gasteiger partial charge in [-0.15, -0.1) is 0 Å². The van der Waals surface area contributed by atoms with E-state index in [1.807, 2.05) is 0 Å². The van der Waals surface area contributed by atoms with E-state index in [4.69, 9.17) is 0 Å². The molecule has 0 unspecified atom stereocenters. The molecule has 2 N–H and O–H groups in total. The van der Waals surface area contributed by atoms with Gasteiger partial charge in [-0.3, -0.25) is 0 Å². The van der Waals surface area contributed by atoms with Gasteiger partial charge in [-0.2, -0.15) is 0 Å². The number of likely N-dealkylation sites (N-methyl/N-ethyl adjacent to an activating group) is 1. The van der Waals surface area contributed by atoms with Crippen molar-refractivity contribution in [3.63, 3.8) is 0 Å². The Labute approximate surface area is 147 Å². The van der Waals surface area contributed by atoms with Crippen molar-refractivity contribution in [3.05, 3.63) is 58.7 Å². The lowest BCUT2D eigenvalue weighted by atomic mass is 10.1. The molecule has 0 aliphatic heterocycles. The number of hydrogen-bond donors (Lipinski definition) is 2. The molecule has 130 valence electrons. The molecule has 0 saturated heterocycles. The highest BCUT2D eigenvalue weighted by atomic mass is 15.1. The van der Waals surface area contributed by atoms with Crippen molar-refractivity contribution in [2.24, 2.45) is 0 Å². The smallest absolute Gasteiger partial charge is 0.0400 e. The molecule has 0 atom stereocenters. The summed E-state index contributed by atoms with van der Waals surface area (Å²) in [7, 11) is 2.18. The van der Waals surface area contributed by atoms with Crippen molar-refractivity contribution in [1.82, 2.24) is 4.90 Å². The van der Waals surface area contributed by atoms with Crippen LogP contribution in [0.1, 0.15) is 22.3 Å². The Hall–Kier alpha value is -2.00. The van der Waals surface area contributed by atoms with Crippen LogP contribution in [0.5, 0.6) is 0 Å². The van der Waals surface area contributed by atoms with E-state index in [2.05, 4.69) is 86.7 Å². The van der Waals surface area contributed by atoms with Gasteiger partial charge in [0.1, 0.15) is 0 Å². The molecule has 0 bridgehead atoms. The first-order chi connectivity index (χ1) is 11.5. The summed E-state index contributed by atoms with van der Waals surface area (Å²) in [5, 5.41) is 7.15. The van der Waals surface area contributed by atoms with E-state index in [9.17, 15) is 0 Å². The summed E-state index contributed by atoms with van der Waals surface area (Å²) >= 11 is 0. The second-order valence-corrected chi connectivity index (χ2v) is 6.69. The van der Waals surface area contributed by atoms with Gasteiger partial charge in [0.15, 0.2) is 0 Å². The summed E-state index contributed by atoms with van der Waals surface area (Å²) in [6.45, 7) is 12.6. The Balaban J connectivity index is 1.73. The first-order valence-corrected chi connectivity index (χ1v) is 8.77. The van der Waals surface area contributed by atoms with Crippen molar-refractivity contribution in [1.29, 1.82) is 0 Å². The third kappa shape index (κ3) is 5.00. The van der Waals surface area contributed by atoms with Gasteiger partial charge in [-0.25, -0.2) is 0 Å². The maximum Gasteiger partial charge on any atom is 0.0400 e. The second-order valence-electron chi connectivity index (χ2n) is 6.69. The van der Waals surface area contributed by atoms with Crippen molar-refractivity contribution in [3.8, 4) is 0 Å². The fourth-order valence-electron chi connectivity index (χ4n) is 3.04. The van der Waals surface area contributed by atoms with Gasteiger partial charge in [0, 0.05) is 37.6 Å². The maximum atomic E-state index is 3.58. The quantitative estimate of drug-likeness (QED) is 0.754. The standard InChI is InChI=1S/C21H31N3/c1-16-8-6-9-17(2)20(16)22-12-14-24(5)15-13-23-21-18(3)10-7-11-19(21)4/h6-11,22-23H,12-15H2,1-5H3. The van der Waals surface area contributed by atoms with Gasteiger partial charge in [-0.1, -0.05) is 36.4 Å². The van der Waals surface area contributed by atoms with Crippen molar-refractivity contribution < 1.29 is 0 Å². The molecule has 3 heteroatoms. The zero-order valence-electron chi connectivity index (χ0n) is 15.7. The highest BCUT2D eigenvalue weighted by Gasteiger charge is 2.04. The molecule has 0 fully saturated rings. The van der Waals surface area contributed by atoms with Crippen LogP contribution < -0.4 is 10.6 Å². The van der Waals surface area contributed by atoms with Gasteiger partial charge in [0.2, 0.25) is 0 Å². The summed E-state index contributed by atoms with van der Waals surface area (Å²) < 4.78 is 0. The Morgan fingerprint density at radius 1 is 0.667 bits per heavy atom. The molecule has 2 aromatic carbocycles. The Kier molecular flexibility index (Phi) is 6.68.